The molecule has 0 bridgehead atoms. The lowest BCUT2D eigenvalue weighted by Gasteiger charge is -2.12. The fourth-order valence-corrected chi connectivity index (χ4v) is 3.95. The van der Waals surface area contributed by atoms with E-state index in [2.05, 4.69) is 152 Å². The second-order valence-electron chi connectivity index (χ2n) is 21.0. The summed E-state index contributed by atoms with van der Waals surface area (Å²) in [7, 11) is 0. The molecule has 0 saturated carbocycles. The summed E-state index contributed by atoms with van der Waals surface area (Å²) in [6, 6.07) is 9.86. The first kappa shape index (κ1) is 60.2. The number of rotatable bonds is 0. The second kappa shape index (κ2) is 27.3. The minimum Gasteiger partial charge on any atom is -0.329 e. The maximum atomic E-state index is 10.5. The molecule has 0 aliphatic heterocycles. The molecule has 0 fully saturated rings. The van der Waals surface area contributed by atoms with Crippen LogP contribution in [-0.2, 0) is 32.5 Å². The van der Waals surface area contributed by atoms with Crippen molar-refractivity contribution >= 4 is 0 Å². The average molecular weight is 977 g/mol. The van der Waals surface area contributed by atoms with Crippen LogP contribution in [0.25, 0.3) is 0 Å². The number of hydrogen-bond acceptors (Lipinski definition) is 18. The molecule has 26 nitrogen and oxygen atoms in total. The smallest absolute Gasteiger partial charge is 0.329 e. The number of tetrazole rings is 2. The summed E-state index contributed by atoms with van der Waals surface area (Å²) in [4.78, 5) is 59.3. The molecule has 8 heterocycles. The topological polar surface area (TPSA) is 376 Å². The Morgan fingerprint density at radius 3 is 0.871 bits per heavy atom. The van der Waals surface area contributed by atoms with Crippen LogP contribution in [0.5, 0.6) is 0 Å². The van der Waals surface area contributed by atoms with Gasteiger partial charge in [-0.25, -0.2) is 19.6 Å². The molecule has 0 spiro atoms. The Labute approximate surface area is 405 Å². The van der Waals surface area contributed by atoms with E-state index in [-0.39, 0.29) is 43.6 Å². The van der Waals surface area contributed by atoms with Crippen molar-refractivity contribution in [1.82, 2.24) is 102 Å². The van der Waals surface area contributed by atoms with Gasteiger partial charge in [0, 0.05) is 57.0 Å². The van der Waals surface area contributed by atoms with Crippen molar-refractivity contribution in [3.8, 4) is 0 Å². The highest BCUT2D eigenvalue weighted by Crippen LogP contribution is 2.18. The van der Waals surface area contributed by atoms with E-state index in [9.17, 15) is 19.2 Å². The van der Waals surface area contributed by atoms with Gasteiger partial charge in [0.05, 0.1) is 0 Å². The van der Waals surface area contributed by atoms with Crippen LogP contribution in [-0.4, -0.2) is 102 Å². The third-order valence-electron chi connectivity index (χ3n) is 7.95. The quantitative estimate of drug-likeness (QED) is 0.0959. The summed E-state index contributed by atoms with van der Waals surface area (Å²) in [6.07, 6.45) is 6.26. The predicted octanol–water partition coefficient (Wildman–Crippen LogP) is 5.27. The molecule has 0 aromatic carbocycles. The first-order chi connectivity index (χ1) is 32.2. The van der Waals surface area contributed by atoms with E-state index in [1.807, 2.05) is 83.1 Å². The number of hydrogen-bond donors (Lipinski definition) is 8. The van der Waals surface area contributed by atoms with E-state index in [1.54, 1.807) is 36.7 Å². The highest BCUT2D eigenvalue weighted by molar-refractivity contribution is 5.00. The molecular formula is C44H72N20O6. The van der Waals surface area contributed by atoms with Crippen molar-refractivity contribution in [2.24, 2.45) is 0 Å². The van der Waals surface area contributed by atoms with Crippen molar-refractivity contribution in [2.45, 2.75) is 157 Å². The van der Waals surface area contributed by atoms with Gasteiger partial charge < -0.3 is 9.97 Å². The predicted molar refractivity (Wildman–Crippen MR) is 262 cm³/mol. The Hall–Kier alpha value is -7.80. The van der Waals surface area contributed by atoms with Crippen molar-refractivity contribution in [3.63, 3.8) is 0 Å². The van der Waals surface area contributed by atoms with Gasteiger partial charge in [0.15, 0.2) is 23.3 Å². The number of nitrogens with zero attached hydrogens (tertiary/aromatic N) is 12. The van der Waals surface area contributed by atoms with Crippen LogP contribution in [0.4, 0.5) is 0 Å². The number of H-pyrrole nitrogens is 8. The number of pyridine rings is 2. The maximum absolute atomic E-state index is 10.5. The molecule has 8 rings (SSSR count). The average Bonchev–Trinajstić information content (AvgIpc) is 4.10. The zero-order valence-electron chi connectivity index (χ0n) is 43.6. The van der Waals surface area contributed by atoms with Crippen LogP contribution >= 0.6 is 0 Å². The summed E-state index contributed by atoms with van der Waals surface area (Å²) in [5, 5.41) is 47.3. The lowest BCUT2D eigenvalue weighted by atomic mass is 9.96. The molecule has 0 amide bonds. The summed E-state index contributed by atoms with van der Waals surface area (Å²) >= 11 is 0. The molecule has 0 unspecified atom stereocenters. The molecular weight excluding hydrogens is 905 g/mol. The molecule has 0 aliphatic carbocycles. The lowest BCUT2D eigenvalue weighted by Crippen LogP contribution is -2.14. The molecule has 8 N–H and O–H groups in total. The fourth-order valence-electron chi connectivity index (χ4n) is 3.95. The Bertz CT molecular complexity index is 2440. The Balaban J connectivity index is 0.000000401. The third-order valence-corrected chi connectivity index (χ3v) is 7.95. The van der Waals surface area contributed by atoms with Crippen LogP contribution in [0.1, 0.15) is 160 Å². The molecule has 70 heavy (non-hydrogen) atoms. The molecule has 0 saturated heterocycles. The lowest BCUT2D eigenvalue weighted by molar-refractivity contribution is 0.369. The molecule has 0 atom stereocenters. The monoisotopic (exact) mass is 977 g/mol. The Kier molecular flexibility index (Phi) is 23.5. The molecule has 384 valence electrons. The van der Waals surface area contributed by atoms with Crippen LogP contribution < -0.4 is 22.6 Å². The second-order valence-corrected chi connectivity index (χ2v) is 21.0. The highest BCUT2D eigenvalue weighted by atomic mass is 16.5. The van der Waals surface area contributed by atoms with Gasteiger partial charge in [-0.2, -0.15) is 20.6 Å². The third kappa shape index (κ3) is 25.9. The summed E-state index contributed by atoms with van der Waals surface area (Å²) in [5.41, 5.74) is -0.198. The van der Waals surface area contributed by atoms with Gasteiger partial charge in [-0.05, 0) is 12.1 Å². The van der Waals surface area contributed by atoms with Gasteiger partial charge in [-0.3, -0.25) is 38.8 Å². The Morgan fingerprint density at radius 1 is 0.429 bits per heavy atom. The summed E-state index contributed by atoms with van der Waals surface area (Å²) < 4.78 is 8.66. The van der Waals surface area contributed by atoms with Crippen LogP contribution in [0.2, 0.25) is 0 Å². The largest absolute Gasteiger partial charge is 0.438 e. The van der Waals surface area contributed by atoms with Gasteiger partial charge in [-0.1, -0.05) is 158 Å². The van der Waals surface area contributed by atoms with Crippen LogP contribution in [0.3, 0.4) is 0 Å². The van der Waals surface area contributed by atoms with Crippen LogP contribution in [0.15, 0.2) is 89.7 Å². The van der Waals surface area contributed by atoms with Gasteiger partial charge in [0.1, 0.15) is 24.3 Å². The number of aromatic amines is 8. The van der Waals surface area contributed by atoms with E-state index in [0.29, 0.717) is 11.6 Å². The van der Waals surface area contributed by atoms with Crippen molar-refractivity contribution < 1.29 is 9.05 Å². The highest BCUT2D eigenvalue weighted by Gasteiger charge is 2.21. The van der Waals surface area contributed by atoms with Crippen molar-refractivity contribution in [1.29, 1.82) is 0 Å². The molecule has 8 aromatic heterocycles. The van der Waals surface area contributed by atoms with Crippen LogP contribution in [0, 0.1) is 0 Å². The minimum atomic E-state index is -0.495. The van der Waals surface area contributed by atoms with E-state index >= 15 is 0 Å². The zero-order chi connectivity index (χ0) is 53.4. The zero-order valence-corrected chi connectivity index (χ0v) is 43.6. The van der Waals surface area contributed by atoms with Crippen molar-refractivity contribution in [3.05, 3.63) is 138 Å². The Morgan fingerprint density at radius 2 is 0.757 bits per heavy atom. The number of aromatic nitrogens is 20. The first-order valence-corrected chi connectivity index (χ1v) is 21.8. The number of nitrogens with one attached hydrogen (secondary N) is 8. The van der Waals surface area contributed by atoms with Gasteiger partial charge in [0.2, 0.25) is 11.1 Å². The summed E-state index contributed by atoms with van der Waals surface area (Å²) in [6.45, 7) is 36.5. The normalized spacial score (nSPS) is 11.2. The van der Waals surface area contributed by atoms with E-state index < -0.39 is 11.5 Å². The molecule has 0 radical (unpaired) electrons. The minimum absolute atomic E-state index is 0.00694. The first-order valence-electron chi connectivity index (χ1n) is 21.8. The maximum Gasteiger partial charge on any atom is 0.438 e. The van der Waals surface area contributed by atoms with E-state index in [1.165, 1.54) is 24.8 Å². The summed E-state index contributed by atoms with van der Waals surface area (Å²) in [5.74, 6) is 3.54. The SMILES string of the molecule is CC(C)(C)c1ncn[nH]1.CC(C)(C)c1ncn[nH]1.CC(C)(C)c1nn[nH]n1.CC(C)(C)c1nn[nH]n1.CC(C)(C)c1noc(=O)[nH]1.CC(C)(C)c1noc(=O)[nH]1.O=c1cccc[nH]1.O=c1cccc[nH]1. The fraction of sp³-hybridized carbons (Fsp3) is 0.545. The van der Waals surface area contributed by atoms with Gasteiger partial charge in [-0.15, -0.1) is 20.4 Å². The molecule has 26 heteroatoms. The van der Waals surface area contributed by atoms with Crippen molar-refractivity contribution in [2.75, 3.05) is 0 Å². The van der Waals surface area contributed by atoms with E-state index in [4.69, 9.17) is 0 Å². The molecule has 0 aliphatic rings. The molecule has 8 aromatic rings. The standard InChI is InChI=1S/2C6H11N3.2C6H10N2O2.2C5H10N4.2C5H5NO/c2*1-6(2,3)5-7-4-8-9-5;2*1-6(2,3)4-7-5(9)10-8-4;2*1-5(2,3)4-6-8-9-7-4;2*7-5-3-1-2-4-6-5/h2*4H,1-3H3,(H,7,8,9);2*1-3H3,(H,7,8,9);2*1-3H3,(H,6,7,8,9);2*1-4H,(H,6,7). The van der Waals surface area contributed by atoms with E-state index in [0.717, 1.165) is 23.3 Å². The van der Waals surface area contributed by atoms with Gasteiger partial charge in [0.25, 0.3) is 0 Å². The van der Waals surface area contributed by atoms with Gasteiger partial charge >= 0.3 is 11.5 Å².